The lowest BCUT2D eigenvalue weighted by Crippen LogP contribution is -2.44. The number of halogens is 2. The molecule has 8 heteroatoms. The zero-order chi connectivity index (χ0) is 16.3. The second kappa shape index (κ2) is 7.17. The molecule has 22 heavy (non-hydrogen) atoms. The minimum Gasteiger partial charge on any atom is -0.480 e. The van der Waals surface area contributed by atoms with Gasteiger partial charge in [-0.25, -0.2) is 8.42 Å². The van der Waals surface area contributed by atoms with E-state index in [1.165, 1.54) is 18.2 Å². The van der Waals surface area contributed by atoms with Crippen LogP contribution in [0.15, 0.2) is 23.1 Å². The van der Waals surface area contributed by atoms with E-state index < -0.39 is 22.5 Å². The SMILES string of the molecule is O=C(O)CN(C1CCCCC1)S(=O)(=O)c1ccc(Cl)c(Cl)c1. The van der Waals surface area contributed by atoms with Crippen molar-refractivity contribution in [2.75, 3.05) is 6.54 Å². The third-order valence-electron chi connectivity index (χ3n) is 3.77. The molecule has 1 aromatic rings. The molecule has 1 aliphatic carbocycles. The van der Waals surface area contributed by atoms with Gasteiger partial charge in [-0.2, -0.15) is 4.31 Å². The van der Waals surface area contributed by atoms with E-state index in [0.29, 0.717) is 12.8 Å². The van der Waals surface area contributed by atoms with Crippen molar-refractivity contribution in [1.29, 1.82) is 0 Å². The van der Waals surface area contributed by atoms with Crippen LogP contribution in [-0.2, 0) is 14.8 Å². The molecule has 0 unspecified atom stereocenters. The number of carboxylic acid groups (broad SMARTS) is 1. The van der Waals surface area contributed by atoms with Crippen molar-refractivity contribution in [3.05, 3.63) is 28.2 Å². The van der Waals surface area contributed by atoms with Crippen LogP contribution in [0.3, 0.4) is 0 Å². The molecule has 0 radical (unpaired) electrons. The molecule has 0 aliphatic heterocycles. The Balaban J connectivity index is 2.38. The van der Waals surface area contributed by atoms with Gasteiger partial charge in [-0.3, -0.25) is 4.79 Å². The van der Waals surface area contributed by atoms with Crippen molar-refractivity contribution in [2.24, 2.45) is 0 Å². The monoisotopic (exact) mass is 365 g/mol. The predicted octanol–water partition coefficient (Wildman–Crippen LogP) is 3.40. The van der Waals surface area contributed by atoms with Crippen LogP contribution in [0.25, 0.3) is 0 Å². The van der Waals surface area contributed by atoms with Crippen LogP contribution < -0.4 is 0 Å². The number of benzene rings is 1. The Kier molecular flexibility index (Phi) is 5.71. The highest BCUT2D eigenvalue weighted by Gasteiger charge is 2.34. The molecule has 0 amide bonds. The molecular formula is C14H17Cl2NO4S. The lowest BCUT2D eigenvalue weighted by molar-refractivity contribution is -0.137. The van der Waals surface area contributed by atoms with Crippen LogP contribution in [0.5, 0.6) is 0 Å². The van der Waals surface area contributed by atoms with E-state index in [2.05, 4.69) is 0 Å². The van der Waals surface area contributed by atoms with Crippen molar-refractivity contribution in [2.45, 2.75) is 43.0 Å². The van der Waals surface area contributed by atoms with Crippen molar-refractivity contribution in [3.63, 3.8) is 0 Å². The first-order valence-corrected chi connectivity index (χ1v) is 9.20. The number of sulfonamides is 1. The summed E-state index contributed by atoms with van der Waals surface area (Å²) >= 11 is 11.7. The van der Waals surface area contributed by atoms with E-state index in [1.807, 2.05) is 0 Å². The summed E-state index contributed by atoms with van der Waals surface area (Å²) in [7, 11) is -3.93. The topological polar surface area (TPSA) is 74.7 Å². The lowest BCUT2D eigenvalue weighted by atomic mass is 9.95. The van der Waals surface area contributed by atoms with Crippen LogP contribution in [0.2, 0.25) is 10.0 Å². The second-order valence-corrected chi connectivity index (χ2v) is 8.02. The Hall–Kier alpha value is -0.820. The summed E-state index contributed by atoms with van der Waals surface area (Å²) in [6, 6.07) is 3.72. The maximum absolute atomic E-state index is 12.8. The highest BCUT2D eigenvalue weighted by molar-refractivity contribution is 7.89. The quantitative estimate of drug-likeness (QED) is 0.867. The second-order valence-electron chi connectivity index (χ2n) is 5.31. The summed E-state index contributed by atoms with van der Waals surface area (Å²) in [4.78, 5) is 11.1. The smallest absolute Gasteiger partial charge is 0.318 e. The van der Waals surface area contributed by atoms with Crippen molar-refractivity contribution in [1.82, 2.24) is 4.31 Å². The molecule has 0 spiro atoms. The first kappa shape index (κ1) is 17.5. The summed E-state index contributed by atoms with van der Waals surface area (Å²) in [6.45, 7) is -0.548. The van der Waals surface area contributed by atoms with Gasteiger partial charge >= 0.3 is 5.97 Å². The van der Waals surface area contributed by atoms with Crippen LogP contribution in [0.4, 0.5) is 0 Å². The molecule has 0 atom stereocenters. The van der Waals surface area contributed by atoms with Gasteiger partial charge in [-0.1, -0.05) is 42.5 Å². The molecule has 2 rings (SSSR count). The summed E-state index contributed by atoms with van der Waals surface area (Å²) in [6.07, 6.45) is 4.20. The Morgan fingerprint density at radius 3 is 2.36 bits per heavy atom. The van der Waals surface area contributed by atoms with Gasteiger partial charge in [0, 0.05) is 6.04 Å². The van der Waals surface area contributed by atoms with Gasteiger partial charge in [-0.15, -0.1) is 0 Å². The van der Waals surface area contributed by atoms with Crippen molar-refractivity contribution >= 4 is 39.2 Å². The van der Waals surface area contributed by atoms with E-state index in [9.17, 15) is 13.2 Å². The lowest BCUT2D eigenvalue weighted by Gasteiger charge is -2.32. The van der Waals surface area contributed by atoms with Gasteiger partial charge in [0.25, 0.3) is 0 Å². The van der Waals surface area contributed by atoms with Crippen LogP contribution in [0.1, 0.15) is 32.1 Å². The molecule has 5 nitrogen and oxygen atoms in total. The molecule has 1 N–H and O–H groups in total. The molecule has 0 bridgehead atoms. The number of nitrogens with zero attached hydrogens (tertiary/aromatic N) is 1. The zero-order valence-electron chi connectivity index (χ0n) is 11.8. The molecule has 0 saturated heterocycles. The highest BCUT2D eigenvalue weighted by atomic mass is 35.5. The third-order valence-corrected chi connectivity index (χ3v) is 6.40. The fourth-order valence-corrected chi connectivity index (χ4v) is 4.71. The minimum atomic E-state index is -3.93. The fraction of sp³-hybridized carbons (Fsp3) is 0.500. The molecule has 1 fully saturated rings. The molecule has 1 aromatic carbocycles. The average molecular weight is 366 g/mol. The zero-order valence-corrected chi connectivity index (χ0v) is 14.2. The minimum absolute atomic E-state index is 0.0336. The first-order valence-electron chi connectivity index (χ1n) is 7.01. The molecule has 122 valence electrons. The third kappa shape index (κ3) is 3.93. The number of carboxylic acids is 1. The number of hydrogen-bond donors (Lipinski definition) is 1. The van der Waals surface area contributed by atoms with Crippen LogP contribution in [0, 0.1) is 0 Å². The fourth-order valence-electron chi connectivity index (χ4n) is 2.69. The Labute approximate surface area is 139 Å². The average Bonchev–Trinajstić information content (AvgIpc) is 2.48. The molecule has 1 aliphatic rings. The van der Waals surface area contributed by atoms with Crippen LogP contribution in [-0.4, -0.2) is 36.4 Å². The van der Waals surface area contributed by atoms with Crippen molar-refractivity contribution < 1.29 is 18.3 Å². The van der Waals surface area contributed by atoms with E-state index in [0.717, 1.165) is 23.6 Å². The van der Waals surface area contributed by atoms with E-state index >= 15 is 0 Å². The Bertz CT molecular complexity index is 657. The Morgan fingerprint density at radius 1 is 1.18 bits per heavy atom. The summed E-state index contributed by atoms with van der Waals surface area (Å²) in [5, 5.41) is 9.45. The maximum Gasteiger partial charge on any atom is 0.318 e. The normalized spacial score (nSPS) is 16.9. The van der Waals surface area contributed by atoms with Gasteiger partial charge in [0.1, 0.15) is 6.54 Å². The standard InChI is InChI=1S/C14H17Cl2NO4S/c15-12-7-6-11(8-13(12)16)22(20,21)17(9-14(18)19)10-4-2-1-3-5-10/h6-8,10H,1-5,9H2,(H,18,19). The summed E-state index contributed by atoms with van der Waals surface area (Å²) in [5.74, 6) is -1.17. The maximum atomic E-state index is 12.8. The highest BCUT2D eigenvalue weighted by Crippen LogP contribution is 2.30. The predicted molar refractivity (Wildman–Crippen MR) is 84.9 cm³/mol. The Morgan fingerprint density at radius 2 is 1.82 bits per heavy atom. The van der Waals surface area contributed by atoms with Gasteiger partial charge in [0.2, 0.25) is 10.0 Å². The first-order chi connectivity index (χ1) is 10.3. The largest absolute Gasteiger partial charge is 0.480 e. The van der Waals surface area contributed by atoms with Crippen molar-refractivity contribution in [3.8, 4) is 0 Å². The van der Waals surface area contributed by atoms with Gasteiger partial charge in [0.05, 0.1) is 14.9 Å². The van der Waals surface area contributed by atoms with Gasteiger partial charge in [-0.05, 0) is 31.0 Å². The van der Waals surface area contributed by atoms with Crippen LogP contribution >= 0.6 is 23.2 Å². The molecule has 0 aromatic heterocycles. The van der Waals surface area contributed by atoms with E-state index in [1.54, 1.807) is 0 Å². The summed E-state index contributed by atoms with van der Waals surface area (Å²) in [5.41, 5.74) is 0. The molecule has 0 heterocycles. The van der Waals surface area contributed by atoms with E-state index in [-0.39, 0.29) is 21.0 Å². The number of aliphatic carboxylic acids is 1. The number of hydrogen-bond acceptors (Lipinski definition) is 3. The number of rotatable bonds is 5. The molecule has 1 saturated carbocycles. The number of carbonyl (C=O) groups is 1. The van der Waals surface area contributed by atoms with Gasteiger partial charge < -0.3 is 5.11 Å². The van der Waals surface area contributed by atoms with E-state index in [4.69, 9.17) is 28.3 Å². The molecular weight excluding hydrogens is 349 g/mol. The summed E-state index contributed by atoms with van der Waals surface area (Å²) < 4.78 is 26.7. The van der Waals surface area contributed by atoms with Gasteiger partial charge in [0.15, 0.2) is 0 Å².